The summed E-state index contributed by atoms with van der Waals surface area (Å²) in [5.41, 5.74) is 1.30. The standard InChI is InChI=1S/C18H20N4O3S/c1-3-4-10-24-14-7-5-13(6-8-14)20-18(23)21-15-9-11-26-16(15)17-19-12(2)22-25-17/h5-9,11H,3-4,10H2,1-2H3,(H2,20,21,23). The zero-order chi connectivity index (χ0) is 18.4. The number of nitrogens with one attached hydrogen (secondary N) is 2. The summed E-state index contributed by atoms with van der Waals surface area (Å²) in [5.74, 6) is 1.72. The number of ether oxygens (including phenoxy) is 1. The Bertz CT molecular complexity index is 857. The van der Waals surface area contributed by atoms with E-state index in [9.17, 15) is 4.79 Å². The van der Waals surface area contributed by atoms with Gasteiger partial charge in [0.1, 0.15) is 10.6 Å². The molecule has 0 atom stereocenters. The predicted octanol–water partition coefficient (Wildman–Crippen LogP) is 4.93. The van der Waals surface area contributed by atoms with E-state index >= 15 is 0 Å². The van der Waals surface area contributed by atoms with Crippen molar-refractivity contribution in [2.45, 2.75) is 26.7 Å². The van der Waals surface area contributed by atoms with Crippen molar-refractivity contribution >= 4 is 28.7 Å². The van der Waals surface area contributed by atoms with Gasteiger partial charge in [-0.2, -0.15) is 4.98 Å². The lowest BCUT2D eigenvalue weighted by atomic mass is 10.3. The number of unbranched alkanes of at least 4 members (excludes halogenated alkanes) is 1. The molecule has 26 heavy (non-hydrogen) atoms. The van der Waals surface area contributed by atoms with Crippen LogP contribution in [0.3, 0.4) is 0 Å². The summed E-state index contributed by atoms with van der Waals surface area (Å²) in [4.78, 5) is 17.2. The Kier molecular flexibility index (Phi) is 5.85. The molecule has 0 aliphatic heterocycles. The molecule has 0 radical (unpaired) electrons. The van der Waals surface area contributed by atoms with Gasteiger partial charge in [-0.1, -0.05) is 18.5 Å². The number of hydrogen-bond acceptors (Lipinski definition) is 6. The van der Waals surface area contributed by atoms with Gasteiger partial charge in [0.2, 0.25) is 0 Å². The van der Waals surface area contributed by atoms with Crippen molar-refractivity contribution in [1.29, 1.82) is 0 Å². The maximum Gasteiger partial charge on any atom is 0.323 e. The fraction of sp³-hybridized carbons (Fsp3) is 0.278. The third-order valence-corrected chi connectivity index (χ3v) is 4.42. The van der Waals surface area contributed by atoms with Crippen LogP contribution in [0.4, 0.5) is 16.2 Å². The van der Waals surface area contributed by atoms with Crippen LogP contribution in [0.15, 0.2) is 40.2 Å². The van der Waals surface area contributed by atoms with Crippen molar-refractivity contribution in [3.63, 3.8) is 0 Å². The zero-order valence-electron chi connectivity index (χ0n) is 14.6. The Morgan fingerprint density at radius 2 is 2.04 bits per heavy atom. The molecule has 2 N–H and O–H groups in total. The largest absolute Gasteiger partial charge is 0.494 e. The summed E-state index contributed by atoms with van der Waals surface area (Å²) in [6, 6.07) is 8.73. The van der Waals surface area contributed by atoms with Crippen molar-refractivity contribution in [3.05, 3.63) is 41.5 Å². The first kappa shape index (κ1) is 17.9. The molecule has 0 bridgehead atoms. The second kappa shape index (κ2) is 8.48. The number of nitrogens with zero attached hydrogens (tertiary/aromatic N) is 2. The number of amides is 2. The van der Waals surface area contributed by atoms with Gasteiger partial charge in [-0.15, -0.1) is 11.3 Å². The van der Waals surface area contributed by atoms with E-state index in [1.807, 2.05) is 17.5 Å². The van der Waals surface area contributed by atoms with E-state index in [2.05, 4.69) is 27.7 Å². The summed E-state index contributed by atoms with van der Waals surface area (Å²) < 4.78 is 10.8. The van der Waals surface area contributed by atoms with E-state index in [1.54, 1.807) is 25.1 Å². The lowest BCUT2D eigenvalue weighted by Gasteiger charge is -2.09. The van der Waals surface area contributed by atoms with E-state index < -0.39 is 0 Å². The third-order valence-electron chi connectivity index (χ3n) is 3.51. The molecule has 3 rings (SSSR count). The summed E-state index contributed by atoms with van der Waals surface area (Å²) in [6.45, 7) is 4.56. The molecule has 0 aliphatic rings. The first-order valence-corrected chi connectivity index (χ1v) is 9.22. The maximum absolute atomic E-state index is 12.2. The molecule has 2 amide bonds. The van der Waals surface area contributed by atoms with Crippen molar-refractivity contribution in [2.75, 3.05) is 17.2 Å². The molecule has 2 aromatic heterocycles. The molecular formula is C18H20N4O3S. The number of carbonyl (C=O) groups excluding carboxylic acids is 1. The number of aryl methyl sites for hydroxylation is 1. The van der Waals surface area contributed by atoms with Gasteiger partial charge in [0.25, 0.3) is 5.89 Å². The van der Waals surface area contributed by atoms with Gasteiger partial charge in [-0.25, -0.2) is 4.79 Å². The molecule has 0 saturated carbocycles. The lowest BCUT2D eigenvalue weighted by molar-refractivity contribution is 0.262. The average Bonchev–Trinajstić information content (AvgIpc) is 3.25. The van der Waals surface area contributed by atoms with Gasteiger partial charge in [-0.3, -0.25) is 0 Å². The Hall–Kier alpha value is -2.87. The SMILES string of the molecule is CCCCOc1ccc(NC(=O)Nc2ccsc2-c2nc(C)no2)cc1. The van der Waals surface area contributed by atoms with Crippen LogP contribution in [-0.2, 0) is 0 Å². The molecule has 0 unspecified atom stereocenters. The van der Waals surface area contributed by atoms with Crippen LogP contribution < -0.4 is 15.4 Å². The number of rotatable bonds is 7. The van der Waals surface area contributed by atoms with Gasteiger partial charge in [0.15, 0.2) is 5.82 Å². The highest BCUT2D eigenvalue weighted by molar-refractivity contribution is 7.14. The van der Waals surface area contributed by atoms with Crippen LogP contribution in [0, 0.1) is 6.92 Å². The molecule has 0 spiro atoms. The van der Waals surface area contributed by atoms with Crippen molar-refractivity contribution in [3.8, 4) is 16.5 Å². The number of carbonyl (C=O) groups is 1. The van der Waals surface area contributed by atoms with Gasteiger partial charge in [-0.05, 0) is 49.1 Å². The topological polar surface area (TPSA) is 89.3 Å². The monoisotopic (exact) mass is 372 g/mol. The Morgan fingerprint density at radius 3 is 2.73 bits per heavy atom. The number of benzene rings is 1. The quantitative estimate of drug-likeness (QED) is 0.574. The molecule has 2 heterocycles. The molecular weight excluding hydrogens is 352 g/mol. The van der Waals surface area contributed by atoms with Crippen LogP contribution in [-0.4, -0.2) is 22.8 Å². The highest BCUT2D eigenvalue weighted by Gasteiger charge is 2.15. The summed E-state index contributed by atoms with van der Waals surface area (Å²) in [5, 5.41) is 11.2. The fourth-order valence-electron chi connectivity index (χ4n) is 2.22. The van der Waals surface area contributed by atoms with Gasteiger partial charge in [0, 0.05) is 5.69 Å². The molecule has 0 aliphatic carbocycles. The number of anilines is 2. The van der Waals surface area contributed by atoms with E-state index in [0.29, 0.717) is 29.7 Å². The highest BCUT2D eigenvalue weighted by atomic mass is 32.1. The number of thiophene rings is 1. The number of aromatic nitrogens is 2. The molecule has 3 aromatic rings. The number of hydrogen-bond donors (Lipinski definition) is 2. The van der Waals surface area contributed by atoms with E-state index in [4.69, 9.17) is 9.26 Å². The number of urea groups is 1. The van der Waals surface area contributed by atoms with Crippen molar-refractivity contribution in [1.82, 2.24) is 10.1 Å². The molecule has 0 saturated heterocycles. The normalized spacial score (nSPS) is 10.5. The Balaban J connectivity index is 1.59. The first-order chi connectivity index (χ1) is 12.7. The molecule has 8 heteroatoms. The summed E-state index contributed by atoms with van der Waals surface area (Å²) >= 11 is 1.42. The molecule has 7 nitrogen and oxygen atoms in total. The minimum Gasteiger partial charge on any atom is -0.494 e. The van der Waals surface area contributed by atoms with Crippen LogP contribution >= 0.6 is 11.3 Å². The zero-order valence-corrected chi connectivity index (χ0v) is 15.4. The van der Waals surface area contributed by atoms with E-state index in [1.165, 1.54) is 11.3 Å². The van der Waals surface area contributed by atoms with Crippen LogP contribution in [0.25, 0.3) is 10.8 Å². The smallest absolute Gasteiger partial charge is 0.323 e. The average molecular weight is 372 g/mol. The van der Waals surface area contributed by atoms with Crippen molar-refractivity contribution < 1.29 is 14.1 Å². The van der Waals surface area contributed by atoms with E-state index in [-0.39, 0.29) is 6.03 Å². The fourth-order valence-corrected chi connectivity index (χ4v) is 2.99. The van der Waals surface area contributed by atoms with Gasteiger partial charge < -0.3 is 19.9 Å². The van der Waals surface area contributed by atoms with Crippen LogP contribution in [0.2, 0.25) is 0 Å². The minimum atomic E-state index is -0.347. The van der Waals surface area contributed by atoms with E-state index in [0.717, 1.165) is 23.5 Å². The second-order valence-electron chi connectivity index (χ2n) is 5.62. The lowest BCUT2D eigenvalue weighted by Crippen LogP contribution is -2.19. The molecule has 136 valence electrons. The third kappa shape index (κ3) is 4.60. The molecule has 1 aromatic carbocycles. The highest BCUT2D eigenvalue weighted by Crippen LogP contribution is 2.32. The van der Waals surface area contributed by atoms with Crippen LogP contribution in [0.1, 0.15) is 25.6 Å². The predicted molar refractivity (Wildman–Crippen MR) is 102 cm³/mol. The van der Waals surface area contributed by atoms with Crippen LogP contribution in [0.5, 0.6) is 5.75 Å². The summed E-state index contributed by atoms with van der Waals surface area (Å²) in [7, 11) is 0. The minimum absolute atomic E-state index is 0.347. The van der Waals surface area contributed by atoms with Crippen molar-refractivity contribution in [2.24, 2.45) is 0 Å². The first-order valence-electron chi connectivity index (χ1n) is 8.34. The Morgan fingerprint density at radius 1 is 1.23 bits per heavy atom. The molecule has 0 fully saturated rings. The maximum atomic E-state index is 12.2. The van der Waals surface area contributed by atoms with Gasteiger partial charge in [0.05, 0.1) is 12.3 Å². The van der Waals surface area contributed by atoms with Gasteiger partial charge >= 0.3 is 6.03 Å². The Labute approximate surface area is 155 Å². The summed E-state index contributed by atoms with van der Waals surface area (Å²) in [6.07, 6.45) is 2.11. The second-order valence-corrected chi connectivity index (χ2v) is 6.53.